The molecule has 8 bridgehead atoms. The van der Waals surface area contributed by atoms with Gasteiger partial charge in [-0.3, -0.25) is 9.69 Å². The van der Waals surface area contributed by atoms with Crippen LogP contribution in [-0.2, 0) is 9.53 Å². The molecule has 3 aliphatic heterocycles. The molecular weight excluding hydrogens is 338 g/mol. The molecule has 0 aromatic carbocycles. The van der Waals surface area contributed by atoms with E-state index in [-0.39, 0.29) is 11.4 Å². The average Bonchev–Trinajstić information content (AvgIpc) is 2.62. The molecule has 6 fully saturated rings. The molecule has 0 spiro atoms. The molecule has 0 amide bonds. The summed E-state index contributed by atoms with van der Waals surface area (Å²) in [5, 5.41) is 11.9. The minimum Gasteiger partial charge on any atom is -0.469 e. The van der Waals surface area contributed by atoms with Crippen molar-refractivity contribution in [2.45, 2.75) is 83.9 Å². The predicted octanol–water partition coefficient (Wildman–Crippen LogP) is 3.82. The highest BCUT2D eigenvalue weighted by atomic mass is 16.5. The largest absolute Gasteiger partial charge is 0.469 e. The Bertz CT molecular complexity index is 650. The molecule has 4 nitrogen and oxygen atoms in total. The summed E-state index contributed by atoms with van der Waals surface area (Å²) in [6.07, 6.45) is 8.59. The lowest BCUT2D eigenvalue weighted by molar-refractivity contribution is -0.388. The second-order valence-corrected chi connectivity index (χ2v) is 11.0. The van der Waals surface area contributed by atoms with E-state index in [4.69, 9.17) is 4.74 Å². The van der Waals surface area contributed by atoms with Crippen LogP contribution in [0.3, 0.4) is 0 Å². The monoisotopic (exact) mass is 375 g/mol. The van der Waals surface area contributed by atoms with Gasteiger partial charge < -0.3 is 9.84 Å². The Balaban J connectivity index is 1.67. The lowest BCUT2D eigenvalue weighted by atomic mass is 9.31. The number of nitrogens with zero attached hydrogens (tertiary/aromatic N) is 1. The van der Waals surface area contributed by atoms with Gasteiger partial charge in [0.2, 0.25) is 0 Å². The summed E-state index contributed by atoms with van der Waals surface area (Å²) in [5.74, 6) is 2.86. The van der Waals surface area contributed by atoms with Gasteiger partial charge in [0, 0.05) is 24.9 Å². The number of aliphatic hydroxyl groups is 1. The molecule has 0 aromatic rings. The van der Waals surface area contributed by atoms with E-state index in [2.05, 4.69) is 25.7 Å². The first-order chi connectivity index (χ1) is 12.8. The van der Waals surface area contributed by atoms with Gasteiger partial charge in [0.1, 0.15) is 5.72 Å². The zero-order chi connectivity index (χ0) is 19.2. The summed E-state index contributed by atoms with van der Waals surface area (Å²) in [6, 6.07) is 0.434. The van der Waals surface area contributed by atoms with Crippen LogP contribution in [0.25, 0.3) is 0 Å². The highest BCUT2D eigenvalue weighted by molar-refractivity contribution is 5.69. The van der Waals surface area contributed by atoms with Crippen molar-refractivity contribution in [2.75, 3.05) is 13.7 Å². The maximum atomic E-state index is 12.2. The third-order valence-corrected chi connectivity index (χ3v) is 10.3. The van der Waals surface area contributed by atoms with E-state index in [1.807, 2.05) is 0 Å². The smallest absolute Gasteiger partial charge is 0.305 e. The van der Waals surface area contributed by atoms with E-state index in [0.717, 1.165) is 25.8 Å². The van der Waals surface area contributed by atoms with E-state index in [9.17, 15) is 9.90 Å². The lowest BCUT2D eigenvalue weighted by Crippen LogP contribution is -2.86. The number of hydrogen-bond donors (Lipinski definition) is 1. The molecule has 0 aromatic heterocycles. The van der Waals surface area contributed by atoms with Gasteiger partial charge in [0.25, 0.3) is 0 Å². The molecule has 0 radical (unpaired) electrons. The fraction of sp³-hybridized carbons (Fsp3) is 0.957. The van der Waals surface area contributed by atoms with Crippen molar-refractivity contribution < 1.29 is 14.6 Å². The highest BCUT2D eigenvalue weighted by Gasteiger charge is 2.78. The van der Waals surface area contributed by atoms with Gasteiger partial charge in [0.15, 0.2) is 0 Å². The minimum atomic E-state index is -0.579. The Morgan fingerprint density at radius 2 is 2.04 bits per heavy atom. The molecule has 6 aliphatic rings. The fourth-order valence-corrected chi connectivity index (χ4v) is 9.25. The predicted molar refractivity (Wildman–Crippen MR) is 104 cm³/mol. The fourth-order valence-electron chi connectivity index (χ4n) is 9.25. The van der Waals surface area contributed by atoms with Crippen LogP contribution in [0.2, 0.25) is 0 Å². The van der Waals surface area contributed by atoms with Gasteiger partial charge in [0.05, 0.1) is 7.11 Å². The van der Waals surface area contributed by atoms with Crippen molar-refractivity contribution in [2.24, 2.45) is 40.4 Å². The van der Waals surface area contributed by atoms with Gasteiger partial charge in [-0.2, -0.15) is 0 Å². The van der Waals surface area contributed by atoms with Crippen molar-refractivity contribution in [1.82, 2.24) is 4.90 Å². The molecule has 3 heterocycles. The molecular formula is C23H37NO3. The number of carbonyl (C=O) groups excluding carboxylic acids is 1. The lowest BCUT2D eigenvalue weighted by Gasteiger charge is -2.82. The van der Waals surface area contributed by atoms with Crippen LogP contribution < -0.4 is 0 Å². The first kappa shape index (κ1) is 18.4. The number of methoxy groups -OCH3 is 1. The normalized spacial score (nSPS) is 55.0. The van der Waals surface area contributed by atoms with Crippen molar-refractivity contribution in [3.8, 4) is 0 Å². The highest BCUT2D eigenvalue weighted by Crippen LogP contribution is 2.78. The molecule has 152 valence electrons. The van der Waals surface area contributed by atoms with Crippen LogP contribution in [0, 0.1) is 40.4 Å². The van der Waals surface area contributed by atoms with Crippen molar-refractivity contribution in [3.05, 3.63) is 0 Å². The van der Waals surface area contributed by atoms with Crippen molar-refractivity contribution in [3.63, 3.8) is 0 Å². The molecule has 6 rings (SSSR count). The van der Waals surface area contributed by atoms with Gasteiger partial charge in [-0.25, -0.2) is 0 Å². The summed E-state index contributed by atoms with van der Waals surface area (Å²) in [7, 11) is 1.52. The summed E-state index contributed by atoms with van der Waals surface area (Å²) < 4.78 is 5.06. The second-order valence-electron chi connectivity index (χ2n) is 11.0. The molecule has 9 atom stereocenters. The van der Waals surface area contributed by atoms with Crippen LogP contribution in [0.15, 0.2) is 0 Å². The standard InChI is InChI=1S/C23H37NO3/c1-14(2)16-7-10-21(3)15-12-18-17-6-5-9-23(18,26)24(13-15)20(16)22(17,21)11-8-19(25)27-4/h14-18,20,26H,5-13H2,1-4H3/t15?,16-,17?,18?,20?,21?,22+,23?/m1/s1. The van der Waals surface area contributed by atoms with E-state index in [1.54, 1.807) is 0 Å². The topological polar surface area (TPSA) is 49.8 Å². The SMILES string of the molecule is COC(=O)CC[C@]12C3CCCC4(O)C3CC3CN4C1[C@@H](C(C)C)CCC32C. The van der Waals surface area contributed by atoms with Gasteiger partial charge >= 0.3 is 5.97 Å². The van der Waals surface area contributed by atoms with E-state index in [1.165, 1.54) is 32.8 Å². The summed E-state index contributed by atoms with van der Waals surface area (Å²) in [6.45, 7) is 8.37. The van der Waals surface area contributed by atoms with E-state index < -0.39 is 5.72 Å². The summed E-state index contributed by atoms with van der Waals surface area (Å²) in [4.78, 5) is 14.8. The van der Waals surface area contributed by atoms with Crippen molar-refractivity contribution in [1.29, 1.82) is 0 Å². The summed E-state index contributed by atoms with van der Waals surface area (Å²) >= 11 is 0. The zero-order valence-corrected chi connectivity index (χ0v) is 17.5. The Labute approximate surface area is 164 Å². The van der Waals surface area contributed by atoms with Crippen LogP contribution in [-0.4, -0.2) is 41.4 Å². The molecule has 3 saturated carbocycles. The Hall–Kier alpha value is -0.610. The van der Waals surface area contributed by atoms with Gasteiger partial charge in [-0.05, 0) is 79.4 Å². The number of carbonyl (C=O) groups is 1. The van der Waals surface area contributed by atoms with Crippen LogP contribution in [0.5, 0.6) is 0 Å². The summed E-state index contributed by atoms with van der Waals surface area (Å²) in [5.41, 5.74) is -0.0923. The quantitative estimate of drug-likeness (QED) is 0.759. The van der Waals surface area contributed by atoms with Crippen LogP contribution >= 0.6 is 0 Å². The third-order valence-electron chi connectivity index (χ3n) is 10.3. The molecule has 27 heavy (non-hydrogen) atoms. The van der Waals surface area contributed by atoms with E-state index >= 15 is 0 Å². The third kappa shape index (κ3) is 2.00. The van der Waals surface area contributed by atoms with Gasteiger partial charge in [-0.1, -0.05) is 20.8 Å². The number of rotatable bonds is 4. The molecule has 3 saturated heterocycles. The first-order valence-corrected chi connectivity index (χ1v) is 11.4. The minimum absolute atomic E-state index is 0.0606. The average molecular weight is 376 g/mol. The molecule has 3 aliphatic carbocycles. The Kier molecular flexibility index (Phi) is 3.90. The maximum absolute atomic E-state index is 12.2. The number of piperidine rings is 3. The number of esters is 1. The maximum Gasteiger partial charge on any atom is 0.305 e. The number of hydrogen-bond acceptors (Lipinski definition) is 4. The molecule has 4 heteroatoms. The van der Waals surface area contributed by atoms with Crippen LogP contribution in [0.4, 0.5) is 0 Å². The molecule has 1 N–H and O–H groups in total. The molecule has 7 unspecified atom stereocenters. The van der Waals surface area contributed by atoms with Crippen molar-refractivity contribution >= 4 is 5.97 Å². The Morgan fingerprint density at radius 3 is 2.74 bits per heavy atom. The van der Waals surface area contributed by atoms with Gasteiger partial charge in [-0.15, -0.1) is 0 Å². The zero-order valence-electron chi connectivity index (χ0n) is 17.5. The van der Waals surface area contributed by atoms with E-state index in [0.29, 0.717) is 47.5 Å². The number of ether oxygens (including phenoxy) is 1. The van der Waals surface area contributed by atoms with Crippen LogP contribution in [0.1, 0.15) is 72.1 Å². The Morgan fingerprint density at radius 1 is 1.26 bits per heavy atom. The second kappa shape index (κ2) is 5.72. The first-order valence-electron chi connectivity index (χ1n) is 11.4.